The lowest BCUT2D eigenvalue weighted by molar-refractivity contribution is 0.798. The van der Waals surface area contributed by atoms with E-state index in [2.05, 4.69) is 16.9 Å². The predicted molar refractivity (Wildman–Crippen MR) is 64.5 cm³/mol. The fraction of sp³-hybridized carbons (Fsp3) is 0.333. The lowest BCUT2D eigenvalue weighted by Crippen LogP contribution is -2.03. The number of aryl methyl sites for hydroxylation is 2. The van der Waals surface area contributed by atoms with Gasteiger partial charge in [0.2, 0.25) is 0 Å². The van der Waals surface area contributed by atoms with Gasteiger partial charge in [-0.25, -0.2) is 9.97 Å². The summed E-state index contributed by atoms with van der Waals surface area (Å²) >= 11 is 0. The molecule has 84 valence electrons. The quantitative estimate of drug-likeness (QED) is 0.854. The number of pyridine rings is 1. The summed E-state index contributed by atoms with van der Waals surface area (Å²) in [5.41, 5.74) is 7.52. The molecule has 0 fully saturated rings. The molecule has 2 aromatic heterocycles. The predicted octanol–water partition coefficient (Wildman–Crippen LogP) is 2.11. The minimum Gasteiger partial charge on any atom is -0.397 e. The smallest absolute Gasteiger partial charge is 0.138 e. The number of anilines is 1. The van der Waals surface area contributed by atoms with Crippen LogP contribution in [0.25, 0.3) is 5.82 Å². The van der Waals surface area contributed by atoms with Crippen molar-refractivity contribution in [1.29, 1.82) is 0 Å². The third-order valence-electron chi connectivity index (χ3n) is 2.57. The summed E-state index contributed by atoms with van der Waals surface area (Å²) in [6, 6.07) is 1.98. The number of nitrogen functional groups attached to an aromatic ring is 1. The van der Waals surface area contributed by atoms with Crippen molar-refractivity contribution in [2.75, 3.05) is 5.73 Å². The second-order valence-corrected chi connectivity index (χ2v) is 3.86. The molecule has 0 saturated heterocycles. The van der Waals surface area contributed by atoms with Crippen molar-refractivity contribution in [3.63, 3.8) is 0 Å². The molecule has 0 amide bonds. The molecule has 16 heavy (non-hydrogen) atoms. The van der Waals surface area contributed by atoms with Crippen LogP contribution in [0.5, 0.6) is 0 Å². The van der Waals surface area contributed by atoms with Crippen LogP contribution in [0.15, 0.2) is 24.7 Å². The Morgan fingerprint density at radius 3 is 2.88 bits per heavy atom. The first-order chi connectivity index (χ1) is 7.72. The number of nitrogens with zero attached hydrogens (tertiary/aromatic N) is 3. The Kier molecular flexibility index (Phi) is 2.90. The molecule has 2 aromatic rings. The highest BCUT2D eigenvalue weighted by Crippen LogP contribution is 2.15. The van der Waals surface area contributed by atoms with E-state index in [0.717, 1.165) is 35.7 Å². The van der Waals surface area contributed by atoms with E-state index in [1.54, 1.807) is 12.4 Å². The standard InChI is InChI=1S/C12H16N4/c1-3-4-11-14-5-6-16(11)12-7-9(2)10(13)8-15-12/h5-8H,3-4,13H2,1-2H3. The normalized spacial score (nSPS) is 10.6. The summed E-state index contributed by atoms with van der Waals surface area (Å²) in [4.78, 5) is 8.65. The molecular formula is C12H16N4. The Morgan fingerprint density at radius 2 is 2.19 bits per heavy atom. The Labute approximate surface area is 95.1 Å². The fourth-order valence-corrected chi connectivity index (χ4v) is 1.63. The van der Waals surface area contributed by atoms with Crippen LogP contribution in [0.3, 0.4) is 0 Å². The molecule has 4 nitrogen and oxygen atoms in total. The van der Waals surface area contributed by atoms with Gasteiger partial charge in [0.1, 0.15) is 11.6 Å². The summed E-state index contributed by atoms with van der Waals surface area (Å²) in [5.74, 6) is 1.92. The maximum absolute atomic E-state index is 5.75. The van der Waals surface area contributed by atoms with Gasteiger partial charge in [-0.1, -0.05) is 6.92 Å². The molecule has 2 N–H and O–H groups in total. The molecule has 0 atom stereocenters. The van der Waals surface area contributed by atoms with Crippen LogP contribution >= 0.6 is 0 Å². The number of hydrogen-bond donors (Lipinski definition) is 1. The zero-order valence-corrected chi connectivity index (χ0v) is 9.64. The number of hydrogen-bond acceptors (Lipinski definition) is 3. The van der Waals surface area contributed by atoms with Crippen LogP contribution in [-0.2, 0) is 6.42 Å². The van der Waals surface area contributed by atoms with E-state index in [0.29, 0.717) is 0 Å². The van der Waals surface area contributed by atoms with Crippen molar-refractivity contribution in [2.45, 2.75) is 26.7 Å². The second-order valence-electron chi connectivity index (χ2n) is 3.86. The third-order valence-corrected chi connectivity index (χ3v) is 2.57. The molecule has 4 heteroatoms. The van der Waals surface area contributed by atoms with Crippen LogP contribution in [-0.4, -0.2) is 14.5 Å². The van der Waals surface area contributed by atoms with E-state index < -0.39 is 0 Å². The number of nitrogens with two attached hydrogens (primary N) is 1. The van der Waals surface area contributed by atoms with Crippen molar-refractivity contribution < 1.29 is 0 Å². The first-order valence-corrected chi connectivity index (χ1v) is 5.47. The topological polar surface area (TPSA) is 56.7 Å². The van der Waals surface area contributed by atoms with Gasteiger partial charge in [0.05, 0.1) is 11.9 Å². The van der Waals surface area contributed by atoms with Crippen molar-refractivity contribution in [3.8, 4) is 5.82 Å². The Bertz CT molecular complexity index is 488. The van der Waals surface area contributed by atoms with Gasteiger partial charge in [0.15, 0.2) is 0 Å². The van der Waals surface area contributed by atoms with E-state index in [1.165, 1.54) is 0 Å². The largest absolute Gasteiger partial charge is 0.397 e. The maximum Gasteiger partial charge on any atom is 0.138 e. The molecule has 0 bridgehead atoms. The maximum atomic E-state index is 5.75. The summed E-state index contributed by atoms with van der Waals surface area (Å²) in [6.07, 6.45) is 7.46. The summed E-state index contributed by atoms with van der Waals surface area (Å²) in [7, 11) is 0. The van der Waals surface area contributed by atoms with Crippen LogP contribution in [0.2, 0.25) is 0 Å². The van der Waals surface area contributed by atoms with Crippen molar-refractivity contribution in [2.24, 2.45) is 0 Å². The van der Waals surface area contributed by atoms with Gasteiger partial charge in [-0.15, -0.1) is 0 Å². The van der Waals surface area contributed by atoms with Crippen LogP contribution < -0.4 is 5.73 Å². The van der Waals surface area contributed by atoms with E-state index in [9.17, 15) is 0 Å². The van der Waals surface area contributed by atoms with Gasteiger partial charge < -0.3 is 5.73 Å². The van der Waals surface area contributed by atoms with Crippen LogP contribution in [0, 0.1) is 6.92 Å². The van der Waals surface area contributed by atoms with Crippen molar-refractivity contribution in [1.82, 2.24) is 14.5 Å². The van der Waals surface area contributed by atoms with Crippen molar-refractivity contribution in [3.05, 3.63) is 36.0 Å². The minimum atomic E-state index is 0.723. The Balaban J connectivity index is 2.42. The van der Waals surface area contributed by atoms with Crippen LogP contribution in [0.4, 0.5) is 5.69 Å². The van der Waals surface area contributed by atoms with Gasteiger partial charge in [0, 0.05) is 18.8 Å². The SMILES string of the molecule is CCCc1nccn1-c1cc(C)c(N)cn1. The van der Waals surface area contributed by atoms with Crippen molar-refractivity contribution >= 4 is 5.69 Å². The number of imidazole rings is 1. The average Bonchev–Trinajstić information content (AvgIpc) is 2.71. The number of rotatable bonds is 3. The first kappa shape index (κ1) is 10.7. The van der Waals surface area contributed by atoms with E-state index >= 15 is 0 Å². The van der Waals surface area contributed by atoms with Gasteiger partial charge in [-0.3, -0.25) is 4.57 Å². The molecule has 0 aliphatic carbocycles. The summed E-state index contributed by atoms with van der Waals surface area (Å²) < 4.78 is 2.01. The van der Waals surface area contributed by atoms with Gasteiger partial charge in [-0.05, 0) is 25.0 Å². The molecular weight excluding hydrogens is 200 g/mol. The van der Waals surface area contributed by atoms with Crippen LogP contribution in [0.1, 0.15) is 24.7 Å². The third kappa shape index (κ3) is 1.91. The number of aromatic nitrogens is 3. The molecule has 0 aliphatic rings. The van der Waals surface area contributed by atoms with Gasteiger partial charge in [0.25, 0.3) is 0 Å². The molecule has 0 radical (unpaired) electrons. The molecule has 0 saturated carbocycles. The summed E-state index contributed by atoms with van der Waals surface area (Å²) in [6.45, 7) is 4.12. The summed E-state index contributed by atoms with van der Waals surface area (Å²) in [5, 5.41) is 0. The molecule has 0 spiro atoms. The zero-order valence-electron chi connectivity index (χ0n) is 9.64. The highest BCUT2D eigenvalue weighted by Gasteiger charge is 2.06. The lowest BCUT2D eigenvalue weighted by Gasteiger charge is -2.08. The second kappa shape index (κ2) is 4.35. The average molecular weight is 216 g/mol. The van der Waals surface area contributed by atoms with E-state index in [-0.39, 0.29) is 0 Å². The van der Waals surface area contributed by atoms with E-state index in [4.69, 9.17) is 5.73 Å². The minimum absolute atomic E-state index is 0.723. The zero-order chi connectivity index (χ0) is 11.5. The monoisotopic (exact) mass is 216 g/mol. The lowest BCUT2D eigenvalue weighted by atomic mass is 10.2. The van der Waals surface area contributed by atoms with E-state index in [1.807, 2.05) is 23.8 Å². The fourth-order valence-electron chi connectivity index (χ4n) is 1.63. The Morgan fingerprint density at radius 1 is 1.38 bits per heavy atom. The molecule has 0 unspecified atom stereocenters. The molecule has 0 aliphatic heterocycles. The highest BCUT2D eigenvalue weighted by atomic mass is 15.1. The first-order valence-electron chi connectivity index (χ1n) is 5.47. The molecule has 2 heterocycles. The molecule has 2 rings (SSSR count). The molecule has 0 aromatic carbocycles. The van der Waals surface area contributed by atoms with Gasteiger partial charge in [-0.2, -0.15) is 0 Å². The Hall–Kier alpha value is -1.84. The highest BCUT2D eigenvalue weighted by molar-refractivity contribution is 5.47. The van der Waals surface area contributed by atoms with Gasteiger partial charge >= 0.3 is 0 Å².